The van der Waals surface area contributed by atoms with Crippen LogP contribution in [0, 0.1) is 5.92 Å². The second kappa shape index (κ2) is 9.30. The molecule has 2 rings (SSSR count). The van der Waals surface area contributed by atoms with Crippen LogP contribution in [0.5, 0.6) is 5.75 Å². The minimum Gasteiger partial charge on any atom is -0.497 e. The molecule has 1 atom stereocenters. The topological polar surface area (TPSA) is 67.4 Å². The molecule has 1 unspecified atom stereocenters. The average Bonchev–Trinajstić information content (AvgIpc) is 3.13. The van der Waals surface area contributed by atoms with E-state index in [1.807, 2.05) is 31.2 Å². The monoisotopic (exact) mass is 332 g/mol. The van der Waals surface area contributed by atoms with Crippen molar-refractivity contribution < 1.29 is 14.3 Å². The minimum atomic E-state index is -0.122. The van der Waals surface area contributed by atoms with Crippen LogP contribution in [0.3, 0.4) is 0 Å². The molecule has 132 valence electrons. The Labute approximate surface area is 144 Å². The van der Waals surface area contributed by atoms with Gasteiger partial charge in [-0.2, -0.15) is 0 Å². The third kappa shape index (κ3) is 5.87. The zero-order valence-electron chi connectivity index (χ0n) is 14.6. The van der Waals surface area contributed by atoms with E-state index >= 15 is 0 Å². The summed E-state index contributed by atoms with van der Waals surface area (Å²) in [5.74, 6) is 0.848. The molecule has 0 heterocycles. The van der Waals surface area contributed by atoms with E-state index in [1.165, 1.54) is 5.56 Å². The summed E-state index contributed by atoms with van der Waals surface area (Å²) in [5, 5.41) is 5.69. The van der Waals surface area contributed by atoms with Crippen LogP contribution in [0.2, 0.25) is 0 Å². The van der Waals surface area contributed by atoms with Crippen molar-refractivity contribution in [1.29, 1.82) is 0 Å². The molecule has 0 radical (unpaired) electrons. The Morgan fingerprint density at radius 1 is 1.21 bits per heavy atom. The van der Waals surface area contributed by atoms with Crippen molar-refractivity contribution in [2.24, 2.45) is 5.92 Å². The van der Waals surface area contributed by atoms with E-state index in [0.29, 0.717) is 0 Å². The molecule has 2 amide bonds. The van der Waals surface area contributed by atoms with Crippen molar-refractivity contribution in [1.82, 2.24) is 10.6 Å². The average molecular weight is 332 g/mol. The Morgan fingerprint density at radius 3 is 2.50 bits per heavy atom. The molecule has 1 aromatic carbocycles. The van der Waals surface area contributed by atoms with Crippen molar-refractivity contribution in [3.05, 3.63) is 29.8 Å². The maximum atomic E-state index is 11.9. The van der Waals surface area contributed by atoms with Crippen LogP contribution in [-0.4, -0.2) is 31.5 Å². The highest BCUT2D eigenvalue weighted by atomic mass is 16.5. The molecule has 1 saturated carbocycles. The Hall–Kier alpha value is -2.04. The van der Waals surface area contributed by atoms with E-state index in [1.54, 1.807) is 7.11 Å². The highest BCUT2D eigenvalue weighted by Gasteiger charge is 2.22. The fraction of sp³-hybridized carbons (Fsp3) is 0.579. The first-order valence-corrected chi connectivity index (χ1v) is 8.78. The molecular formula is C19H28N2O3. The molecule has 0 aromatic heterocycles. The molecule has 0 bridgehead atoms. The van der Waals surface area contributed by atoms with E-state index in [2.05, 4.69) is 10.6 Å². The smallest absolute Gasteiger partial charge is 0.239 e. The molecular weight excluding hydrogens is 304 g/mol. The summed E-state index contributed by atoms with van der Waals surface area (Å²) >= 11 is 0. The number of hydrogen-bond donors (Lipinski definition) is 2. The van der Waals surface area contributed by atoms with Gasteiger partial charge in [0.15, 0.2) is 0 Å². The zero-order valence-corrected chi connectivity index (χ0v) is 14.6. The van der Waals surface area contributed by atoms with Crippen molar-refractivity contribution in [2.45, 2.75) is 51.5 Å². The lowest BCUT2D eigenvalue weighted by Crippen LogP contribution is -2.42. The Kier molecular flexibility index (Phi) is 7.09. The number of carbonyl (C=O) groups is 2. The summed E-state index contributed by atoms with van der Waals surface area (Å²) in [6.45, 7) is 2.06. The van der Waals surface area contributed by atoms with Crippen molar-refractivity contribution in [3.63, 3.8) is 0 Å². The highest BCUT2D eigenvalue weighted by Crippen LogP contribution is 2.24. The van der Waals surface area contributed by atoms with Gasteiger partial charge >= 0.3 is 0 Å². The van der Waals surface area contributed by atoms with E-state index in [-0.39, 0.29) is 30.3 Å². The Morgan fingerprint density at radius 2 is 1.88 bits per heavy atom. The van der Waals surface area contributed by atoms with Crippen LogP contribution < -0.4 is 15.4 Å². The predicted molar refractivity (Wildman–Crippen MR) is 93.9 cm³/mol. The van der Waals surface area contributed by atoms with Gasteiger partial charge in [-0.3, -0.25) is 9.59 Å². The Balaban J connectivity index is 1.64. The number of rotatable bonds is 8. The number of carbonyl (C=O) groups excluding carboxylic acids is 2. The molecule has 2 N–H and O–H groups in total. The quantitative estimate of drug-likeness (QED) is 0.768. The predicted octanol–water partition coefficient (Wildman–Crippen LogP) is 2.44. The first-order valence-electron chi connectivity index (χ1n) is 8.78. The van der Waals surface area contributed by atoms with Gasteiger partial charge in [0.25, 0.3) is 0 Å². The first kappa shape index (κ1) is 18.3. The second-order valence-electron chi connectivity index (χ2n) is 6.55. The van der Waals surface area contributed by atoms with Crippen LogP contribution in [0.15, 0.2) is 24.3 Å². The maximum Gasteiger partial charge on any atom is 0.239 e. The van der Waals surface area contributed by atoms with Gasteiger partial charge in [0, 0.05) is 12.0 Å². The lowest BCUT2D eigenvalue weighted by molar-refractivity contribution is -0.128. The van der Waals surface area contributed by atoms with Gasteiger partial charge < -0.3 is 15.4 Å². The fourth-order valence-electron chi connectivity index (χ4n) is 3.07. The number of methoxy groups -OCH3 is 1. The van der Waals surface area contributed by atoms with E-state index < -0.39 is 0 Å². The standard InChI is InChI=1S/C19H28N2O3/c1-14(7-8-15-9-11-17(24-2)12-10-15)21-18(22)13-20-19(23)16-5-3-4-6-16/h9-12,14,16H,3-8,13H2,1-2H3,(H,20,23)(H,21,22). The molecule has 1 fully saturated rings. The highest BCUT2D eigenvalue weighted by molar-refractivity contribution is 5.86. The molecule has 1 aliphatic rings. The number of nitrogens with one attached hydrogen (secondary N) is 2. The van der Waals surface area contributed by atoms with Gasteiger partial charge in [0.2, 0.25) is 11.8 Å². The molecule has 1 aliphatic carbocycles. The first-order chi connectivity index (χ1) is 11.6. The normalized spacial score (nSPS) is 15.8. The van der Waals surface area contributed by atoms with Gasteiger partial charge in [0.05, 0.1) is 13.7 Å². The minimum absolute atomic E-state index is 0.0218. The lowest BCUT2D eigenvalue weighted by Gasteiger charge is -2.15. The number of hydrogen-bond acceptors (Lipinski definition) is 3. The van der Waals surface area contributed by atoms with Crippen LogP contribution in [0.1, 0.15) is 44.6 Å². The summed E-state index contributed by atoms with van der Waals surface area (Å²) in [6.07, 6.45) is 5.88. The second-order valence-corrected chi connectivity index (χ2v) is 6.55. The molecule has 5 nitrogen and oxygen atoms in total. The zero-order chi connectivity index (χ0) is 17.4. The van der Waals surface area contributed by atoms with E-state index in [4.69, 9.17) is 4.74 Å². The Bertz CT molecular complexity index is 536. The molecule has 0 spiro atoms. The summed E-state index contributed by atoms with van der Waals surface area (Å²) in [4.78, 5) is 23.8. The van der Waals surface area contributed by atoms with Crippen LogP contribution >= 0.6 is 0 Å². The third-order valence-corrected chi connectivity index (χ3v) is 4.58. The van der Waals surface area contributed by atoms with Gasteiger partial charge in [-0.15, -0.1) is 0 Å². The number of ether oxygens (including phenoxy) is 1. The lowest BCUT2D eigenvalue weighted by atomic mass is 10.1. The van der Waals surface area contributed by atoms with Gasteiger partial charge in [0.1, 0.15) is 5.75 Å². The maximum absolute atomic E-state index is 11.9. The molecule has 5 heteroatoms. The molecule has 0 aliphatic heterocycles. The largest absolute Gasteiger partial charge is 0.497 e. The van der Waals surface area contributed by atoms with Gasteiger partial charge in [-0.05, 0) is 50.3 Å². The SMILES string of the molecule is COc1ccc(CCC(C)NC(=O)CNC(=O)C2CCCC2)cc1. The van der Waals surface area contributed by atoms with Crippen molar-refractivity contribution >= 4 is 11.8 Å². The fourth-order valence-corrected chi connectivity index (χ4v) is 3.07. The summed E-state index contributed by atoms with van der Waals surface area (Å²) < 4.78 is 5.14. The van der Waals surface area contributed by atoms with Gasteiger partial charge in [-0.1, -0.05) is 25.0 Å². The molecule has 24 heavy (non-hydrogen) atoms. The summed E-state index contributed by atoms with van der Waals surface area (Å²) in [6, 6.07) is 8.03. The summed E-state index contributed by atoms with van der Waals surface area (Å²) in [5.41, 5.74) is 1.21. The van der Waals surface area contributed by atoms with Crippen LogP contribution in [-0.2, 0) is 16.0 Å². The van der Waals surface area contributed by atoms with E-state index in [0.717, 1.165) is 44.3 Å². The molecule has 1 aromatic rings. The molecule has 0 saturated heterocycles. The van der Waals surface area contributed by atoms with Crippen molar-refractivity contribution in [3.8, 4) is 5.75 Å². The van der Waals surface area contributed by atoms with Crippen LogP contribution in [0.4, 0.5) is 0 Å². The van der Waals surface area contributed by atoms with Crippen molar-refractivity contribution in [2.75, 3.05) is 13.7 Å². The number of amides is 2. The number of aryl methyl sites for hydroxylation is 1. The van der Waals surface area contributed by atoms with Gasteiger partial charge in [-0.25, -0.2) is 0 Å². The van der Waals surface area contributed by atoms with E-state index in [9.17, 15) is 9.59 Å². The number of benzene rings is 1. The van der Waals surface area contributed by atoms with Crippen LogP contribution in [0.25, 0.3) is 0 Å². The third-order valence-electron chi connectivity index (χ3n) is 4.58. The summed E-state index contributed by atoms with van der Waals surface area (Å²) in [7, 11) is 1.65.